The fourth-order valence-electron chi connectivity index (χ4n) is 1.43. The van der Waals surface area contributed by atoms with Crippen molar-refractivity contribution in [2.45, 2.75) is 0 Å². The van der Waals surface area contributed by atoms with Crippen molar-refractivity contribution in [2.24, 2.45) is 0 Å². The quantitative estimate of drug-likeness (QED) is 0.665. The van der Waals surface area contributed by atoms with E-state index in [2.05, 4.69) is 52.8 Å². The maximum Gasteiger partial charge on any atom is 0.334 e. The Balaban J connectivity index is 2.87. The van der Waals surface area contributed by atoms with E-state index in [0.29, 0.717) is 14.6 Å². The van der Waals surface area contributed by atoms with Crippen LogP contribution in [0.2, 0.25) is 5.15 Å². The zero-order valence-electron chi connectivity index (χ0n) is 8.51. The number of aromatic amines is 1. The maximum atomic E-state index is 11.9. The van der Waals surface area contributed by atoms with Gasteiger partial charge in [0.05, 0.1) is 5.69 Å². The van der Waals surface area contributed by atoms with Crippen molar-refractivity contribution in [1.29, 1.82) is 0 Å². The topological polar surface area (TPSA) is 54.9 Å². The number of aromatic nitrogens is 2. The number of rotatable bonds is 1. The number of hydrogen-bond donors (Lipinski definition) is 1. The predicted octanol–water partition coefficient (Wildman–Crippen LogP) is 3.47. The second-order valence-corrected chi connectivity index (χ2v) is 6.35. The molecule has 1 aromatic carbocycles. The predicted molar refractivity (Wildman–Crippen MR) is 80.8 cm³/mol. The van der Waals surface area contributed by atoms with Gasteiger partial charge in [-0.1, -0.05) is 27.5 Å². The van der Waals surface area contributed by atoms with E-state index in [9.17, 15) is 9.59 Å². The van der Waals surface area contributed by atoms with Gasteiger partial charge in [0, 0.05) is 19.5 Å². The highest BCUT2D eigenvalue weighted by atomic mass is 79.9. The Kier molecular flexibility index (Phi) is 4.15. The summed E-state index contributed by atoms with van der Waals surface area (Å²) in [4.78, 5) is 26.0. The lowest BCUT2D eigenvalue weighted by atomic mass is 10.3. The molecule has 0 saturated heterocycles. The van der Waals surface area contributed by atoms with Gasteiger partial charge >= 0.3 is 5.69 Å². The van der Waals surface area contributed by atoms with E-state index in [0.717, 1.165) is 15.1 Å². The Morgan fingerprint density at radius 2 is 1.61 bits per heavy atom. The molecule has 4 nitrogen and oxygen atoms in total. The highest BCUT2D eigenvalue weighted by Gasteiger charge is 2.13. The van der Waals surface area contributed by atoms with Crippen molar-refractivity contribution in [1.82, 2.24) is 9.55 Å². The van der Waals surface area contributed by atoms with Crippen molar-refractivity contribution in [3.63, 3.8) is 0 Å². The van der Waals surface area contributed by atoms with Gasteiger partial charge in [-0.05, 0) is 44.0 Å². The van der Waals surface area contributed by atoms with E-state index in [-0.39, 0.29) is 5.15 Å². The van der Waals surface area contributed by atoms with Crippen molar-refractivity contribution in [2.75, 3.05) is 0 Å². The van der Waals surface area contributed by atoms with Crippen LogP contribution in [-0.4, -0.2) is 9.55 Å². The normalized spacial score (nSPS) is 10.7. The molecule has 94 valence electrons. The molecule has 0 spiro atoms. The van der Waals surface area contributed by atoms with Crippen LogP contribution in [0.1, 0.15) is 0 Å². The third kappa shape index (κ3) is 2.64. The first-order chi connectivity index (χ1) is 8.40. The van der Waals surface area contributed by atoms with Gasteiger partial charge in [0.15, 0.2) is 0 Å². The van der Waals surface area contributed by atoms with Gasteiger partial charge in [0.2, 0.25) is 0 Å². The molecule has 0 amide bonds. The van der Waals surface area contributed by atoms with E-state index in [1.54, 1.807) is 12.1 Å². The Morgan fingerprint density at radius 3 is 2.11 bits per heavy atom. The molecule has 2 aromatic rings. The van der Waals surface area contributed by atoms with E-state index in [4.69, 9.17) is 11.6 Å². The van der Waals surface area contributed by atoms with Crippen LogP contribution in [0.3, 0.4) is 0 Å². The monoisotopic (exact) mass is 456 g/mol. The second-order valence-electron chi connectivity index (χ2n) is 3.31. The van der Waals surface area contributed by atoms with Crippen molar-refractivity contribution >= 4 is 59.4 Å². The highest BCUT2D eigenvalue weighted by molar-refractivity contribution is 9.11. The van der Waals surface area contributed by atoms with Gasteiger partial charge in [0.25, 0.3) is 5.56 Å². The zero-order valence-corrected chi connectivity index (χ0v) is 14.0. The minimum absolute atomic E-state index is 0.00519. The standard InChI is InChI=1S/C10H4Br3ClN2O2/c11-4-1-5(12)9(6(13)2-4)16-8(17)3-7(14)15-10(16)18/h1-3H,(H,15,18). The van der Waals surface area contributed by atoms with Crippen LogP contribution in [0, 0.1) is 0 Å². The Hall–Kier alpha value is -0.370. The minimum atomic E-state index is -0.601. The van der Waals surface area contributed by atoms with Crippen molar-refractivity contribution in [3.05, 3.63) is 57.6 Å². The molecule has 0 saturated carbocycles. The lowest BCUT2D eigenvalue weighted by Gasteiger charge is -2.10. The van der Waals surface area contributed by atoms with Crippen LogP contribution in [-0.2, 0) is 0 Å². The third-order valence-corrected chi connectivity index (χ3v) is 3.98. The first-order valence-electron chi connectivity index (χ1n) is 4.57. The summed E-state index contributed by atoms with van der Waals surface area (Å²) in [5.41, 5.74) is -0.690. The maximum absolute atomic E-state index is 11.9. The molecular formula is C10H4Br3ClN2O2. The summed E-state index contributed by atoms with van der Waals surface area (Å²) in [5, 5.41) is 0.00519. The van der Waals surface area contributed by atoms with Crippen LogP contribution in [0.25, 0.3) is 5.69 Å². The SMILES string of the molecule is O=c1cc(Cl)[nH]c(=O)n1-c1c(Br)cc(Br)cc1Br. The molecule has 0 aliphatic rings. The second kappa shape index (κ2) is 5.32. The number of nitrogens with zero attached hydrogens (tertiary/aromatic N) is 1. The van der Waals surface area contributed by atoms with Crippen LogP contribution < -0.4 is 11.2 Å². The number of H-pyrrole nitrogens is 1. The summed E-state index contributed by atoms with van der Waals surface area (Å²) in [5.74, 6) is 0. The molecule has 1 heterocycles. The van der Waals surface area contributed by atoms with E-state index >= 15 is 0 Å². The molecule has 18 heavy (non-hydrogen) atoms. The van der Waals surface area contributed by atoms with Gasteiger partial charge < -0.3 is 0 Å². The molecule has 0 atom stereocenters. The fourth-order valence-corrected chi connectivity index (χ4v) is 4.21. The number of hydrogen-bond acceptors (Lipinski definition) is 2. The highest BCUT2D eigenvalue weighted by Crippen LogP contribution is 2.31. The molecule has 8 heteroatoms. The van der Waals surface area contributed by atoms with Crippen LogP contribution in [0.4, 0.5) is 0 Å². The van der Waals surface area contributed by atoms with Gasteiger partial charge in [-0.25, -0.2) is 9.36 Å². The molecule has 2 rings (SSSR count). The number of benzene rings is 1. The van der Waals surface area contributed by atoms with E-state index in [1.807, 2.05) is 0 Å². The van der Waals surface area contributed by atoms with Gasteiger partial charge in [0.1, 0.15) is 5.15 Å². The Labute approximate surface area is 131 Å². The Morgan fingerprint density at radius 1 is 1.06 bits per heavy atom. The summed E-state index contributed by atoms with van der Waals surface area (Å²) >= 11 is 15.6. The fraction of sp³-hybridized carbons (Fsp3) is 0. The first kappa shape index (κ1) is 14.0. The molecule has 0 aliphatic carbocycles. The van der Waals surface area contributed by atoms with E-state index in [1.165, 1.54) is 0 Å². The first-order valence-corrected chi connectivity index (χ1v) is 7.32. The lowest BCUT2D eigenvalue weighted by Crippen LogP contribution is -2.33. The summed E-state index contributed by atoms with van der Waals surface area (Å²) in [6, 6.07) is 4.62. The minimum Gasteiger partial charge on any atom is -0.297 e. The summed E-state index contributed by atoms with van der Waals surface area (Å²) in [6.07, 6.45) is 0. The molecule has 0 aliphatic heterocycles. The number of halogens is 4. The molecule has 0 bridgehead atoms. The van der Waals surface area contributed by atoms with E-state index < -0.39 is 11.2 Å². The number of nitrogens with one attached hydrogen (secondary N) is 1. The summed E-state index contributed by atoms with van der Waals surface area (Å²) in [7, 11) is 0. The zero-order chi connectivity index (χ0) is 13.4. The molecule has 1 aromatic heterocycles. The van der Waals surface area contributed by atoms with Crippen LogP contribution in [0.15, 0.2) is 41.2 Å². The van der Waals surface area contributed by atoms with Gasteiger partial charge in [-0.3, -0.25) is 9.78 Å². The average Bonchev–Trinajstić information content (AvgIpc) is 2.20. The molecular weight excluding hydrogens is 455 g/mol. The van der Waals surface area contributed by atoms with Gasteiger partial charge in [-0.2, -0.15) is 0 Å². The molecule has 0 unspecified atom stereocenters. The molecule has 1 N–H and O–H groups in total. The van der Waals surface area contributed by atoms with Crippen LogP contribution in [0.5, 0.6) is 0 Å². The average molecular weight is 459 g/mol. The van der Waals surface area contributed by atoms with Gasteiger partial charge in [-0.15, -0.1) is 0 Å². The van der Waals surface area contributed by atoms with Crippen molar-refractivity contribution < 1.29 is 0 Å². The smallest absolute Gasteiger partial charge is 0.297 e. The van der Waals surface area contributed by atoms with Crippen molar-refractivity contribution in [3.8, 4) is 5.69 Å². The summed E-state index contributed by atoms with van der Waals surface area (Å²) in [6.45, 7) is 0. The lowest BCUT2D eigenvalue weighted by molar-refractivity contribution is 0.868. The molecule has 0 radical (unpaired) electrons. The Bertz CT molecular complexity index is 684. The van der Waals surface area contributed by atoms with Crippen LogP contribution >= 0.6 is 59.4 Å². The third-order valence-electron chi connectivity index (χ3n) is 2.11. The molecule has 0 fully saturated rings. The largest absolute Gasteiger partial charge is 0.334 e. The summed E-state index contributed by atoms with van der Waals surface area (Å²) < 4.78 is 2.99.